The fraction of sp³-hybridized carbons (Fsp3) is 1.00. The van der Waals surface area contributed by atoms with Crippen LogP contribution >= 0.6 is 0 Å². The van der Waals surface area contributed by atoms with E-state index >= 15 is 0 Å². The van der Waals surface area contributed by atoms with Gasteiger partial charge in [0.05, 0.1) is 0 Å². The second-order valence-electron chi connectivity index (χ2n) is 6.82. The van der Waals surface area contributed by atoms with Gasteiger partial charge in [0.1, 0.15) is 0 Å². The average molecular weight is 251 g/mol. The Morgan fingerprint density at radius 2 is 1.56 bits per heavy atom. The van der Waals surface area contributed by atoms with Crippen molar-refractivity contribution < 1.29 is 0 Å². The summed E-state index contributed by atoms with van der Waals surface area (Å²) in [5, 5.41) is 0. The Balaban J connectivity index is 1.43. The van der Waals surface area contributed by atoms with E-state index in [1.807, 2.05) is 0 Å². The maximum Gasteiger partial charge on any atom is 0.0283 e. The van der Waals surface area contributed by atoms with Crippen molar-refractivity contribution in [1.29, 1.82) is 0 Å². The van der Waals surface area contributed by atoms with E-state index in [1.165, 1.54) is 77.5 Å². The van der Waals surface area contributed by atoms with E-state index in [4.69, 9.17) is 5.73 Å². The van der Waals surface area contributed by atoms with E-state index in [1.54, 1.807) is 0 Å². The molecule has 1 saturated carbocycles. The molecule has 0 aromatic carbocycles. The maximum absolute atomic E-state index is 6.36. The fourth-order valence-corrected chi connectivity index (χ4v) is 3.96. The molecule has 0 aromatic heterocycles. The number of hydrogen-bond donors (Lipinski definition) is 1. The lowest BCUT2D eigenvalue weighted by atomic mass is 9.77. The molecule has 0 atom stereocenters. The second-order valence-corrected chi connectivity index (χ2v) is 6.82. The molecule has 18 heavy (non-hydrogen) atoms. The van der Waals surface area contributed by atoms with E-state index in [9.17, 15) is 0 Å². The van der Waals surface area contributed by atoms with E-state index in [0.717, 1.165) is 12.6 Å². The molecular formula is C15H29N3. The lowest BCUT2D eigenvalue weighted by Crippen LogP contribution is -2.57. The molecule has 104 valence electrons. The quantitative estimate of drug-likeness (QED) is 0.830. The Morgan fingerprint density at radius 3 is 2.11 bits per heavy atom. The molecule has 3 nitrogen and oxygen atoms in total. The Morgan fingerprint density at radius 1 is 0.889 bits per heavy atom. The monoisotopic (exact) mass is 251 g/mol. The first-order chi connectivity index (χ1) is 8.75. The Labute approximate surface area is 112 Å². The number of likely N-dealkylation sites (tertiary alicyclic amines) is 2. The molecule has 0 amide bonds. The number of rotatable bonds is 3. The molecule has 0 radical (unpaired) electrons. The van der Waals surface area contributed by atoms with Gasteiger partial charge in [0.15, 0.2) is 0 Å². The third kappa shape index (κ3) is 2.89. The smallest absolute Gasteiger partial charge is 0.0283 e. The van der Waals surface area contributed by atoms with Gasteiger partial charge in [0.25, 0.3) is 0 Å². The minimum absolute atomic E-state index is 0.179. The summed E-state index contributed by atoms with van der Waals surface area (Å²) < 4.78 is 0. The number of piperidine rings is 2. The van der Waals surface area contributed by atoms with Crippen LogP contribution in [0.2, 0.25) is 0 Å². The Bertz CT molecular complexity index is 261. The molecule has 2 heterocycles. The van der Waals surface area contributed by atoms with Crippen molar-refractivity contribution >= 4 is 0 Å². The normalized spacial score (nSPS) is 31.2. The topological polar surface area (TPSA) is 32.5 Å². The molecular weight excluding hydrogens is 222 g/mol. The summed E-state index contributed by atoms with van der Waals surface area (Å²) in [6, 6.07) is 0.872. The summed E-state index contributed by atoms with van der Waals surface area (Å²) in [6.07, 6.45) is 10.9. The third-order valence-electron chi connectivity index (χ3n) is 5.35. The van der Waals surface area contributed by atoms with Gasteiger partial charge in [-0.1, -0.05) is 6.42 Å². The van der Waals surface area contributed by atoms with Crippen molar-refractivity contribution in [1.82, 2.24) is 9.80 Å². The van der Waals surface area contributed by atoms with E-state index in [-0.39, 0.29) is 5.54 Å². The highest BCUT2D eigenvalue weighted by atomic mass is 15.2. The lowest BCUT2D eigenvalue weighted by molar-refractivity contribution is 0.0684. The van der Waals surface area contributed by atoms with Crippen LogP contribution in [0.1, 0.15) is 51.4 Å². The predicted molar refractivity (Wildman–Crippen MR) is 75.7 cm³/mol. The minimum atomic E-state index is 0.179. The molecule has 0 spiro atoms. The van der Waals surface area contributed by atoms with E-state index in [0.29, 0.717) is 0 Å². The molecule has 3 aliphatic rings. The summed E-state index contributed by atoms with van der Waals surface area (Å²) in [7, 11) is 0. The van der Waals surface area contributed by atoms with Gasteiger partial charge in [-0.25, -0.2) is 0 Å². The maximum atomic E-state index is 6.36. The van der Waals surface area contributed by atoms with Gasteiger partial charge in [-0.15, -0.1) is 0 Å². The zero-order chi connectivity index (χ0) is 12.4. The van der Waals surface area contributed by atoms with Crippen molar-refractivity contribution in [3.05, 3.63) is 0 Å². The van der Waals surface area contributed by atoms with Crippen LogP contribution in [-0.4, -0.2) is 54.1 Å². The molecule has 0 aromatic rings. The van der Waals surface area contributed by atoms with Crippen LogP contribution in [0.5, 0.6) is 0 Å². The molecule has 3 heteroatoms. The zero-order valence-electron chi connectivity index (χ0n) is 11.7. The second kappa shape index (κ2) is 5.48. The molecule has 0 unspecified atom stereocenters. The van der Waals surface area contributed by atoms with E-state index < -0.39 is 0 Å². The van der Waals surface area contributed by atoms with Gasteiger partial charge in [-0.2, -0.15) is 0 Å². The van der Waals surface area contributed by atoms with E-state index in [2.05, 4.69) is 9.80 Å². The number of nitrogens with two attached hydrogens (primary N) is 1. The van der Waals surface area contributed by atoms with Crippen LogP contribution < -0.4 is 5.73 Å². The Kier molecular flexibility index (Phi) is 3.92. The summed E-state index contributed by atoms with van der Waals surface area (Å²) in [6.45, 7) is 6.41. The van der Waals surface area contributed by atoms with Crippen molar-refractivity contribution in [2.75, 3.05) is 32.7 Å². The van der Waals surface area contributed by atoms with Crippen molar-refractivity contribution in [2.45, 2.75) is 62.9 Å². The molecule has 2 saturated heterocycles. The molecule has 2 N–H and O–H groups in total. The number of hydrogen-bond acceptors (Lipinski definition) is 3. The minimum Gasteiger partial charge on any atom is -0.324 e. The van der Waals surface area contributed by atoms with Gasteiger partial charge in [-0.3, -0.25) is 0 Å². The SMILES string of the molecule is NC1(CN2CCC(N3CCCCC3)CC2)CCC1. The van der Waals surface area contributed by atoms with Crippen LogP contribution in [0.25, 0.3) is 0 Å². The summed E-state index contributed by atoms with van der Waals surface area (Å²) in [5.41, 5.74) is 6.54. The molecule has 3 rings (SSSR count). The van der Waals surface area contributed by atoms with Crippen LogP contribution in [0, 0.1) is 0 Å². The van der Waals surface area contributed by atoms with Crippen molar-refractivity contribution in [2.24, 2.45) is 5.73 Å². The average Bonchev–Trinajstić information content (AvgIpc) is 2.39. The molecule has 1 aliphatic carbocycles. The molecule has 3 fully saturated rings. The van der Waals surface area contributed by atoms with Gasteiger partial charge >= 0.3 is 0 Å². The standard InChI is InChI=1S/C15H29N3/c16-15(7-4-8-15)13-17-11-5-14(6-12-17)18-9-2-1-3-10-18/h14H,1-13,16H2. The summed E-state index contributed by atoms with van der Waals surface area (Å²) >= 11 is 0. The van der Waals surface area contributed by atoms with Gasteiger partial charge in [0.2, 0.25) is 0 Å². The third-order valence-corrected chi connectivity index (χ3v) is 5.35. The van der Waals surface area contributed by atoms with Crippen molar-refractivity contribution in [3.8, 4) is 0 Å². The molecule has 2 aliphatic heterocycles. The van der Waals surface area contributed by atoms with Crippen LogP contribution in [0.3, 0.4) is 0 Å². The Hall–Kier alpha value is -0.120. The lowest BCUT2D eigenvalue weighted by Gasteiger charge is -2.45. The molecule has 0 bridgehead atoms. The largest absolute Gasteiger partial charge is 0.324 e. The first-order valence-electron chi connectivity index (χ1n) is 8.01. The van der Waals surface area contributed by atoms with Crippen molar-refractivity contribution in [3.63, 3.8) is 0 Å². The van der Waals surface area contributed by atoms with Crippen LogP contribution in [0.15, 0.2) is 0 Å². The van der Waals surface area contributed by atoms with Gasteiger partial charge in [-0.05, 0) is 71.1 Å². The number of nitrogens with zero attached hydrogens (tertiary/aromatic N) is 2. The highest BCUT2D eigenvalue weighted by molar-refractivity contribution is 4.96. The fourth-order valence-electron chi connectivity index (χ4n) is 3.96. The summed E-state index contributed by atoms with van der Waals surface area (Å²) in [4.78, 5) is 5.38. The van der Waals surface area contributed by atoms with Gasteiger partial charge in [0, 0.05) is 18.1 Å². The highest BCUT2D eigenvalue weighted by Gasteiger charge is 2.35. The van der Waals surface area contributed by atoms with Gasteiger partial charge < -0.3 is 15.5 Å². The zero-order valence-corrected chi connectivity index (χ0v) is 11.7. The van der Waals surface area contributed by atoms with Crippen LogP contribution in [0.4, 0.5) is 0 Å². The van der Waals surface area contributed by atoms with Crippen LogP contribution in [-0.2, 0) is 0 Å². The first kappa shape index (κ1) is 12.9. The first-order valence-corrected chi connectivity index (χ1v) is 8.01. The predicted octanol–water partition coefficient (Wildman–Crippen LogP) is 1.82. The summed E-state index contributed by atoms with van der Waals surface area (Å²) in [5.74, 6) is 0. The highest BCUT2D eigenvalue weighted by Crippen LogP contribution is 2.31.